The zero-order chi connectivity index (χ0) is 28.1. The molecule has 0 aliphatic carbocycles. The number of amides is 2. The number of carbonyl (C=O) groups excluding carboxylic acids is 2. The Morgan fingerprint density at radius 2 is 1.92 bits per heavy atom. The number of hydrogen-bond donors (Lipinski definition) is 1. The first-order chi connectivity index (χ1) is 18.3. The van der Waals surface area contributed by atoms with Gasteiger partial charge in [0, 0.05) is 86.6 Å². The van der Waals surface area contributed by atoms with Gasteiger partial charge in [0.05, 0.1) is 12.2 Å². The van der Waals surface area contributed by atoms with Crippen LogP contribution in [0.1, 0.15) is 57.9 Å². The molecule has 0 spiro atoms. The van der Waals surface area contributed by atoms with Gasteiger partial charge in [-0.15, -0.1) is 0 Å². The summed E-state index contributed by atoms with van der Waals surface area (Å²) < 4.78 is 27.7. The molecule has 5 rings (SSSR count). The monoisotopic (exact) mass is 539 g/mol. The van der Waals surface area contributed by atoms with Crippen LogP contribution in [0.25, 0.3) is 0 Å². The fourth-order valence-electron chi connectivity index (χ4n) is 6.24. The molecule has 39 heavy (non-hydrogen) atoms. The van der Waals surface area contributed by atoms with Crippen molar-refractivity contribution in [3.63, 3.8) is 0 Å². The van der Waals surface area contributed by atoms with Gasteiger partial charge in [-0.05, 0) is 30.0 Å². The number of rotatable bonds is 6. The molecule has 1 aromatic carbocycles. The lowest BCUT2D eigenvalue weighted by molar-refractivity contribution is -0.128. The van der Waals surface area contributed by atoms with E-state index in [1.807, 2.05) is 15.9 Å². The van der Waals surface area contributed by atoms with Gasteiger partial charge in [-0.3, -0.25) is 19.5 Å². The van der Waals surface area contributed by atoms with Crippen LogP contribution in [0.5, 0.6) is 0 Å². The van der Waals surface area contributed by atoms with Crippen LogP contribution in [0.3, 0.4) is 0 Å². The summed E-state index contributed by atoms with van der Waals surface area (Å²) in [5, 5.41) is 3.51. The summed E-state index contributed by atoms with van der Waals surface area (Å²) in [5.74, 6) is -1.05. The van der Waals surface area contributed by atoms with E-state index in [0.29, 0.717) is 30.8 Å². The Balaban J connectivity index is 1.34. The lowest BCUT2D eigenvalue weighted by atomic mass is 9.88. The smallest absolute Gasteiger partial charge is 0.241 e. The zero-order valence-corrected chi connectivity index (χ0v) is 23.6. The van der Waals surface area contributed by atoms with Crippen LogP contribution >= 0.6 is 0 Å². The van der Waals surface area contributed by atoms with Gasteiger partial charge < -0.3 is 15.1 Å². The molecule has 1 N–H and O–H groups in total. The Bertz CT molecular complexity index is 1280. The van der Waals surface area contributed by atoms with E-state index in [0.717, 1.165) is 37.0 Å². The van der Waals surface area contributed by atoms with E-state index in [9.17, 15) is 18.4 Å². The standard InChI is InChI=1S/C30H39F2N5O2/c1-19-14-35(23(12-33-19)15-36-17-29(2,3)11-27(36)38)16-28(39)37-18-30(4,5)24-13-34-22(10-26(24)37)8-20-6-7-21(31)9-25(20)32/h6-7,9-10,13,19,23,33H,8,11-12,14-18H2,1-5H3. The number of nitrogens with zero attached hydrogens (tertiary/aromatic N) is 4. The van der Waals surface area contributed by atoms with Gasteiger partial charge in [0.25, 0.3) is 0 Å². The van der Waals surface area contributed by atoms with Gasteiger partial charge in [0.15, 0.2) is 0 Å². The van der Waals surface area contributed by atoms with Crippen molar-refractivity contribution in [1.82, 2.24) is 20.1 Å². The topological polar surface area (TPSA) is 68.8 Å². The molecular formula is C30H39F2N5O2. The van der Waals surface area contributed by atoms with Crippen LogP contribution in [-0.4, -0.2) is 78.0 Å². The average molecular weight is 540 g/mol. The molecule has 2 atom stereocenters. The molecular weight excluding hydrogens is 500 g/mol. The first-order valence-corrected chi connectivity index (χ1v) is 13.8. The van der Waals surface area contributed by atoms with Crippen LogP contribution in [0, 0.1) is 17.0 Å². The van der Waals surface area contributed by atoms with Gasteiger partial charge in [-0.2, -0.15) is 0 Å². The first-order valence-electron chi connectivity index (χ1n) is 13.8. The van der Waals surface area contributed by atoms with Crippen molar-refractivity contribution < 1.29 is 18.4 Å². The Morgan fingerprint density at radius 1 is 1.15 bits per heavy atom. The van der Waals surface area contributed by atoms with E-state index in [4.69, 9.17) is 0 Å². The lowest BCUT2D eigenvalue weighted by Crippen LogP contribution is -2.61. The number of benzene rings is 1. The van der Waals surface area contributed by atoms with E-state index < -0.39 is 11.6 Å². The SMILES string of the molecule is CC1CN(CC(=O)N2CC(C)(C)c3cnc(Cc4ccc(F)cc4F)cc32)C(CN2CC(C)(C)CC2=O)CN1. The maximum atomic E-state index is 14.3. The zero-order valence-electron chi connectivity index (χ0n) is 23.6. The van der Waals surface area contributed by atoms with Crippen LogP contribution < -0.4 is 10.2 Å². The molecule has 2 fully saturated rings. The fraction of sp³-hybridized carbons (Fsp3) is 0.567. The van der Waals surface area contributed by atoms with Crippen molar-refractivity contribution in [3.8, 4) is 0 Å². The predicted octanol–water partition coefficient (Wildman–Crippen LogP) is 3.50. The van der Waals surface area contributed by atoms with E-state index in [-0.39, 0.29) is 47.7 Å². The Labute approximate surface area is 229 Å². The summed E-state index contributed by atoms with van der Waals surface area (Å²) in [6.45, 7) is 14.1. The quantitative estimate of drug-likeness (QED) is 0.609. The molecule has 2 aromatic rings. The largest absolute Gasteiger partial charge is 0.341 e. The molecule has 4 heterocycles. The van der Waals surface area contributed by atoms with Crippen LogP contribution in [0.15, 0.2) is 30.5 Å². The number of fused-ring (bicyclic) bond motifs is 1. The normalized spacial score (nSPS) is 24.3. The molecule has 3 aliphatic heterocycles. The summed E-state index contributed by atoms with van der Waals surface area (Å²) in [4.78, 5) is 37.0. The van der Waals surface area contributed by atoms with Gasteiger partial charge in [0.1, 0.15) is 11.6 Å². The number of hydrogen-bond acceptors (Lipinski definition) is 5. The van der Waals surface area contributed by atoms with Crippen molar-refractivity contribution in [2.45, 2.75) is 65.0 Å². The maximum absolute atomic E-state index is 14.3. The third-order valence-corrected chi connectivity index (χ3v) is 8.30. The number of pyridine rings is 1. The van der Waals surface area contributed by atoms with Crippen molar-refractivity contribution in [2.24, 2.45) is 5.41 Å². The molecule has 7 nitrogen and oxygen atoms in total. The maximum Gasteiger partial charge on any atom is 0.241 e. The molecule has 2 unspecified atom stereocenters. The molecule has 0 radical (unpaired) electrons. The van der Waals surface area contributed by atoms with E-state index >= 15 is 0 Å². The highest BCUT2D eigenvalue weighted by Crippen LogP contribution is 2.41. The molecule has 2 saturated heterocycles. The molecule has 1 aromatic heterocycles. The van der Waals surface area contributed by atoms with Gasteiger partial charge in [-0.25, -0.2) is 8.78 Å². The number of aromatic nitrogens is 1. The molecule has 210 valence electrons. The molecule has 2 amide bonds. The highest BCUT2D eigenvalue weighted by molar-refractivity contribution is 5.97. The molecule has 0 bridgehead atoms. The van der Waals surface area contributed by atoms with Crippen molar-refractivity contribution in [3.05, 3.63) is 58.9 Å². The van der Waals surface area contributed by atoms with Crippen LogP contribution in [0.2, 0.25) is 0 Å². The predicted molar refractivity (Wildman–Crippen MR) is 147 cm³/mol. The number of likely N-dealkylation sites (tertiary alicyclic amines) is 1. The number of anilines is 1. The minimum atomic E-state index is -0.616. The number of nitrogens with one attached hydrogen (secondary N) is 1. The number of halogens is 2. The van der Waals surface area contributed by atoms with Gasteiger partial charge in [0.2, 0.25) is 11.8 Å². The second-order valence-corrected chi connectivity index (χ2v) is 13.0. The summed E-state index contributed by atoms with van der Waals surface area (Å²) in [5.41, 5.74) is 2.46. The Hall–Kier alpha value is -2.91. The number of piperazine rings is 1. The van der Waals surface area contributed by atoms with Crippen LogP contribution in [-0.2, 0) is 21.4 Å². The summed E-state index contributed by atoms with van der Waals surface area (Å²) in [6.07, 6.45) is 2.55. The minimum absolute atomic E-state index is 0.000818. The second kappa shape index (κ2) is 10.2. The number of carbonyl (C=O) groups is 2. The van der Waals surface area contributed by atoms with Crippen molar-refractivity contribution in [2.75, 3.05) is 44.2 Å². The first kappa shape index (κ1) is 27.6. The van der Waals surface area contributed by atoms with E-state index in [1.54, 1.807) is 6.20 Å². The van der Waals surface area contributed by atoms with E-state index in [1.165, 1.54) is 12.1 Å². The lowest BCUT2D eigenvalue weighted by Gasteiger charge is -2.41. The molecule has 9 heteroatoms. The third kappa shape index (κ3) is 5.84. The highest BCUT2D eigenvalue weighted by atomic mass is 19.1. The average Bonchev–Trinajstić information content (AvgIpc) is 3.27. The highest BCUT2D eigenvalue weighted by Gasteiger charge is 2.41. The second-order valence-electron chi connectivity index (χ2n) is 13.0. The minimum Gasteiger partial charge on any atom is -0.341 e. The van der Waals surface area contributed by atoms with Gasteiger partial charge in [-0.1, -0.05) is 33.8 Å². The Morgan fingerprint density at radius 3 is 2.62 bits per heavy atom. The summed E-state index contributed by atoms with van der Waals surface area (Å²) >= 11 is 0. The van der Waals surface area contributed by atoms with Gasteiger partial charge >= 0.3 is 0 Å². The Kier molecular flexibility index (Phi) is 7.26. The summed E-state index contributed by atoms with van der Waals surface area (Å²) in [7, 11) is 0. The molecule has 3 aliphatic rings. The third-order valence-electron chi connectivity index (χ3n) is 8.30. The van der Waals surface area contributed by atoms with Crippen LogP contribution in [0.4, 0.5) is 14.5 Å². The van der Waals surface area contributed by atoms with Crippen molar-refractivity contribution >= 4 is 17.5 Å². The molecule has 0 saturated carbocycles. The summed E-state index contributed by atoms with van der Waals surface area (Å²) in [6, 6.07) is 5.71. The van der Waals surface area contributed by atoms with Crippen molar-refractivity contribution in [1.29, 1.82) is 0 Å². The fourth-order valence-corrected chi connectivity index (χ4v) is 6.24. The van der Waals surface area contributed by atoms with E-state index in [2.05, 4.69) is 49.8 Å².